The van der Waals surface area contributed by atoms with Crippen LogP contribution in [0.1, 0.15) is 22.1 Å². The largest absolute Gasteiger partial charge is 0.456 e. The van der Waals surface area contributed by atoms with E-state index >= 15 is 0 Å². The minimum absolute atomic E-state index is 0.248. The number of benzene rings is 1. The zero-order valence-electron chi connectivity index (χ0n) is 10.3. The number of carbonyl (C=O) groups is 1. The molecule has 0 amide bonds. The van der Waals surface area contributed by atoms with Gasteiger partial charge in [0.1, 0.15) is 6.61 Å². The third kappa shape index (κ3) is 2.63. The SMILES string of the molecule is O=C(OCc1ccccc1)c1cn(C2CNC2)nn1. The highest BCUT2D eigenvalue weighted by atomic mass is 16.5. The molecule has 98 valence electrons. The third-order valence-corrected chi connectivity index (χ3v) is 3.07. The molecule has 0 spiro atoms. The lowest BCUT2D eigenvalue weighted by Gasteiger charge is -2.26. The van der Waals surface area contributed by atoms with Crippen LogP contribution in [-0.2, 0) is 11.3 Å². The van der Waals surface area contributed by atoms with Gasteiger partial charge in [0.15, 0.2) is 5.69 Å². The minimum Gasteiger partial charge on any atom is -0.456 e. The number of ether oxygens (including phenoxy) is 1. The fourth-order valence-electron chi connectivity index (χ4n) is 1.81. The average molecular weight is 258 g/mol. The lowest BCUT2D eigenvalue weighted by molar-refractivity contribution is 0.0465. The van der Waals surface area contributed by atoms with Crippen LogP contribution in [0.25, 0.3) is 0 Å². The topological polar surface area (TPSA) is 69.0 Å². The first-order valence-electron chi connectivity index (χ1n) is 6.16. The van der Waals surface area contributed by atoms with Crippen LogP contribution in [-0.4, -0.2) is 34.1 Å². The van der Waals surface area contributed by atoms with Crippen molar-refractivity contribution in [2.24, 2.45) is 0 Å². The molecule has 0 aliphatic carbocycles. The van der Waals surface area contributed by atoms with Gasteiger partial charge in [0.05, 0.1) is 12.2 Å². The van der Waals surface area contributed by atoms with E-state index in [4.69, 9.17) is 4.74 Å². The Balaban J connectivity index is 1.59. The standard InChI is InChI=1S/C13H14N4O2/c18-13(19-9-10-4-2-1-3-5-10)12-8-17(16-15-12)11-6-14-7-11/h1-5,8,11,14H,6-7,9H2. The van der Waals surface area contributed by atoms with E-state index in [1.54, 1.807) is 10.9 Å². The van der Waals surface area contributed by atoms with Gasteiger partial charge in [0, 0.05) is 13.1 Å². The van der Waals surface area contributed by atoms with Crippen LogP contribution >= 0.6 is 0 Å². The molecular weight excluding hydrogens is 244 g/mol. The van der Waals surface area contributed by atoms with E-state index in [0.29, 0.717) is 6.04 Å². The smallest absolute Gasteiger partial charge is 0.360 e. The van der Waals surface area contributed by atoms with E-state index in [-0.39, 0.29) is 12.3 Å². The number of hydrogen-bond acceptors (Lipinski definition) is 5. The second-order valence-corrected chi connectivity index (χ2v) is 4.46. The average Bonchev–Trinajstić information content (AvgIpc) is 2.84. The number of hydrogen-bond donors (Lipinski definition) is 1. The summed E-state index contributed by atoms with van der Waals surface area (Å²) in [7, 11) is 0. The van der Waals surface area contributed by atoms with Crippen LogP contribution in [0.3, 0.4) is 0 Å². The molecule has 19 heavy (non-hydrogen) atoms. The second-order valence-electron chi connectivity index (χ2n) is 4.46. The van der Waals surface area contributed by atoms with Gasteiger partial charge in [0.25, 0.3) is 0 Å². The summed E-state index contributed by atoms with van der Waals surface area (Å²) in [5.41, 5.74) is 1.20. The number of carbonyl (C=O) groups excluding carboxylic acids is 1. The molecule has 1 fully saturated rings. The maximum atomic E-state index is 11.8. The highest BCUT2D eigenvalue weighted by molar-refractivity contribution is 5.86. The first kappa shape index (κ1) is 11.9. The van der Waals surface area contributed by atoms with Crippen LogP contribution in [0.4, 0.5) is 0 Å². The number of esters is 1. The molecule has 1 N–H and O–H groups in total. The highest BCUT2D eigenvalue weighted by Crippen LogP contribution is 2.11. The lowest BCUT2D eigenvalue weighted by Crippen LogP contribution is -2.43. The Morgan fingerprint density at radius 1 is 1.37 bits per heavy atom. The van der Waals surface area contributed by atoms with Crippen LogP contribution in [0.5, 0.6) is 0 Å². The Morgan fingerprint density at radius 3 is 2.84 bits per heavy atom. The van der Waals surface area contributed by atoms with Gasteiger partial charge in [-0.3, -0.25) is 0 Å². The van der Waals surface area contributed by atoms with Crippen LogP contribution < -0.4 is 5.32 Å². The summed E-state index contributed by atoms with van der Waals surface area (Å²) in [5, 5.41) is 10.9. The normalized spacial score (nSPS) is 14.9. The van der Waals surface area contributed by atoms with Crippen molar-refractivity contribution in [3.8, 4) is 0 Å². The van der Waals surface area contributed by atoms with Crippen molar-refractivity contribution in [2.45, 2.75) is 12.6 Å². The maximum Gasteiger partial charge on any atom is 0.360 e. The molecule has 6 nitrogen and oxygen atoms in total. The molecular formula is C13H14N4O2. The van der Waals surface area contributed by atoms with Gasteiger partial charge in [-0.05, 0) is 5.56 Å². The summed E-state index contributed by atoms with van der Waals surface area (Å²) >= 11 is 0. The molecule has 1 aromatic carbocycles. The fourth-order valence-corrected chi connectivity index (χ4v) is 1.81. The summed E-state index contributed by atoms with van der Waals surface area (Å²) in [6, 6.07) is 9.84. The van der Waals surface area contributed by atoms with Crippen molar-refractivity contribution in [1.29, 1.82) is 0 Å². The van der Waals surface area contributed by atoms with Gasteiger partial charge < -0.3 is 10.1 Å². The number of nitrogens with one attached hydrogen (secondary N) is 1. The Morgan fingerprint density at radius 2 is 2.16 bits per heavy atom. The molecule has 6 heteroatoms. The Labute approximate surface area is 110 Å². The summed E-state index contributed by atoms with van der Waals surface area (Å²) in [5.74, 6) is -0.442. The predicted molar refractivity (Wildman–Crippen MR) is 67.5 cm³/mol. The molecule has 0 saturated carbocycles. The molecule has 2 aromatic rings. The molecule has 1 aliphatic heterocycles. The van der Waals surface area contributed by atoms with E-state index in [9.17, 15) is 4.79 Å². The molecule has 1 aliphatic rings. The van der Waals surface area contributed by atoms with Gasteiger partial charge in [-0.2, -0.15) is 0 Å². The summed E-state index contributed by atoms with van der Waals surface area (Å²) in [6.45, 7) is 1.97. The number of rotatable bonds is 4. The minimum atomic E-state index is -0.442. The zero-order valence-corrected chi connectivity index (χ0v) is 10.3. The van der Waals surface area contributed by atoms with Crippen molar-refractivity contribution >= 4 is 5.97 Å². The third-order valence-electron chi connectivity index (χ3n) is 3.07. The number of nitrogens with zero attached hydrogens (tertiary/aromatic N) is 3. The van der Waals surface area contributed by atoms with E-state index < -0.39 is 5.97 Å². The van der Waals surface area contributed by atoms with Crippen molar-refractivity contribution in [2.75, 3.05) is 13.1 Å². The van der Waals surface area contributed by atoms with Gasteiger partial charge in [-0.1, -0.05) is 35.5 Å². The predicted octanol–water partition coefficient (Wildman–Crippen LogP) is 0.779. The quantitative estimate of drug-likeness (QED) is 0.821. The van der Waals surface area contributed by atoms with Gasteiger partial charge in [-0.15, -0.1) is 5.10 Å². The molecule has 1 aromatic heterocycles. The van der Waals surface area contributed by atoms with Crippen LogP contribution in [0, 0.1) is 0 Å². The van der Waals surface area contributed by atoms with E-state index in [1.807, 2.05) is 30.3 Å². The Hall–Kier alpha value is -2.21. The van der Waals surface area contributed by atoms with E-state index in [1.165, 1.54) is 0 Å². The monoisotopic (exact) mass is 258 g/mol. The Kier molecular flexibility index (Phi) is 3.24. The summed E-state index contributed by atoms with van der Waals surface area (Å²) < 4.78 is 6.89. The molecule has 1 saturated heterocycles. The highest BCUT2D eigenvalue weighted by Gasteiger charge is 2.22. The first-order valence-corrected chi connectivity index (χ1v) is 6.16. The number of aromatic nitrogens is 3. The van der Waals surface area contributed by atoms with Crippen molar-refractivity contribution in [1.82, 2.24) is 20.3 Å². The van der Waals surface area contributed by atoms with E-state index in [2.05, 4.69) is 15.6 Å². The van der Waals surface area contributed by atoms with Gasteiger partial charge in [0.2, 0.25) is 0 Å². The van der Waals surface area contributed by atoms with Crippen molar-refractivity contribution in [3.05, 3.63) is 47.8 Å². The molecule has 0 unspecified atom stereocenters. The zero-order chi connectivity index (χ0) is 13.1. The summed E-state index contributed by atoms with van der Waals surface area (Å²) in [6.07, 6.45) is 1.64. The first-order chi connectivity index (χ1) is 9.33. The van der Waals surface area contributed by atoms with E-state index in [0.717, 1.165) is 18.7 Å². The second kappa shape index (κ2) is 5.19. The Bertz CT molecular complexity index is 563. The molecule has 0 radical (unpaired) electrons. The molecule has 0 bridgehead atoms. The van der Waals surface area contributed by atoms with Crippen molar-refractivity contribution < 1.29 is 9.53 Å². The van der Waals surface area contributed by atoms with Crippen molar-refractivity contribution in [3.63, 3.8) is 0 Å². The molecule has 2 heterocycles. The summed E-state index contributed by atoms with van der Waals surface area (Å²) in [4.78, 5) is 11.8. The van der Waals surface area contributed by atoms with Crippen LogP contribution in [0.15, 0.2) is 36.5 Å². The van der Waals surface area contributed by atoms with Gasteiger partial charge in [-0.25, -0.2) is 9.48 Å². The maximum absolute atomic E-state index is 11.8. The molecule has 0 atom stereocenters. The van der Waals surface area contributed by atoms with Crippen LogP contribution in [0.2, 0.25) is 0 Å². The lowest BCUT2D eigenvalue weighted by atomic mass is 10.2. The molecule has 3 rings (SSSR count). The fraction of sp³-hybridized carbons (Fsp3) is 0.308. The van der Waals surface area contributed by atoms with Gasteiger partial charge >= 0.3 is 5.97 Å².